The van der Waals surface area contributed by atoms with Crippen molar-refractivity contribution in [1.82, 2.24) is 9.62 Å². The molecule has 1 rings (SSSR count). The molecular weight excluding hydrogens is 288 g/mol. The number of sulfonamides is 1. The molecule has 1 aromatic carbocycles. The first kappa shape index (κ1) is 17.2. The van der Waals surface area contributed by atoms with Crippen molar-refractivity contribution in [3.8, 4) is 12.3 Å². The lowest BCUT2D eigenvalue weighted by Gasteiger charge is -2.17. The van der Waals surface area contributed by atoms with Gasteiger partial charge in [-0.2, -0.15) is 4.72 Å². The van der Waals surface area contributed by atoms with Gasteiger partial charge in [0.05, 0.1) is 11.4 Å². The third-order valence-electron chi connectivity index (χ3n) is 2.95. The molecule has 0 saturated heterocycles. The summed E-state index contributed by atoms with van der Waals surface area (Å²) in [6.07, 6.45) is 6.94. The van der Waals surface area contributed by atoms with Crippen molar-refractivity contribution in [2.75, 3.05) is 20.1 Å². The maximum absolute atomic E-state index is 12.2. The number of hydrogen-bond donors (Lipinski definition) is 1. The topological polar surface area (TPSA) is 66.5 Å². The molecule has 0 unspecified atom stereocenters. The van der Waals surface area contributed by atoms with Crippen LogP contribution in [0.4, 0.5) is 0 Å². The normalized spacial score (nSPS) is 10.9. The van der Waals surface area contributed by atoms with E-state index in [1.54, 1.807) is 24.1 Å². The highest BCUT2D eigenvalue weighted by molar-refractivity contribution is 7.89. The van der Waals surface area contributed by atoms with Gasteiger partial charge >= 0.3 is 0 Å². The molecule has 1 aromatic rings. The Labute approximate surface area is 126 Å². The molecule has 0 bridgehead atoms. The number of carbonyl (C=O) groups excluding carboxylic acids is 1. The molecule has 0 aromatic heterocycles. The Morgan fingerprint density at radius 3 is 2.76 bits per heavy atom. The fraction of sp³-hybridized carbons (Fsp3) is 0.400. The zero-order valence-electron chi connectivity index (χ0n) is 12.3. The average molecular weight is 308 g/mol. The number of amides is 1. The van der Waals surface area contributed by atoms with Crippen LogP contribution in [-0.2, 0) is 10.0 Å². The number of nitrogens with zero attached hydrogens (tertiary/aromatic N) is 1. The molecule has 5 nitrogen and oxygen atoms in total. The van der Waals surface area contributed by atoms with Crippen LogP contribution < -0.4 is 4.72 Å². The van der Waals surface area contributed by atoms with Gasteiger partial charge in [-0.3, -0.25) is 4.79 Å². The first-order chi connectivity index (χ1) is 9.92. The van der Waals surface area contributed by atoms with E-state index in [0.717, 1.165) is 12.8 Å². The predicted molar refractivity (Wildman–Crippen MR) is 82.3 cm³/mol. The Morgan fingerprint density at radius 1 is 1.43 bits per heavy atom. The van der Waals surface area contributed by atoms with Gasteiger partial charge in [0.15, 0.2) is 0 Å². The fourth-order valence-corrected chi connectivity index (χ4v) is 2.71. The van der Waals surface area contributed by atoms with Crippen LogP contribution in [0.2, 0.25) is 0 Å². The highest BCUT2D eigenvalue weighted by Gasteiger charge is 2.17. The maximum Gasteiger partial charge on any atom is 0.253 e. The Hall–Kier alpha value is -1.84. The maximum atomic E-state index is 12.2. The van der Waals surface area contributed by atoms with Gasteiger partial charge in [0.1, 0.15) is 0 Å². The number of terminal acetylenes is 1. The third kappa shape index (κ3) is 4.88. The quantitative estimate of drug-likeness (QED) is 0.776. The van der Waals surface area contributed by atoms with Gasteiger partial charge in [-0.1, -0.05) is 25.3 Å². The summed E-state index contributed by atoms with van der Waals surface area (Å²) in [6.45, 7) is 2.60. The Bertz CT molecular complexity index is 633. The van der Waals surface area contributed by atoms with Gasteiger partial charge in [-0.05, 0) is 24.6 Å². The van der Waals surface area contributed by atoms with E-state index in [1.807, 2.05) is 6.92 Å². The van der Waals surface area contributed by atoms with Crippen molar-refractivity contribution in [3.63, 3.8) is 0 Å². The third-order valence-corrected chi connectivity index (χ3v) is 4.35. The molecule has 21 heavy (non-hydrogen) atoms. The lowest BCUT2D eigenvalue weighted by Crippen LogP contribution is -2.28. The minimum Gasteiger partial charge on any atom is -0.342 e. The molecule has 0 saturated carbocycles. The highest BCUT2D eigenvalue weighted by atomic mass is 32.2. The summed E-state index contributed by atoms with van der Waals surface area (Å²) >= 11 is 0. The van der Waals surface area contributed by atoms with Gasteiger partial charge in [-0.25, -0.2) is 8.42 Å². The molecule has 0 radical (unpaired) electrons. The minimum absolute atomic E-state index is 0.0347. The summed E-state index contributed by atoms with van der Waals surface area (Å²) < 4.78 is 26.2. The van der Waals surface area contributed by atoms with Crippen LogP contribution in [0.3, 0.4) is 0 Å². The van der Waals surface area contributed by atoms with Crippen molar-refractivity contribution in [3.05, 3.63) is 29.8 Å². The fourth-order valence-electron chi connectivity index (χ4n) is 1.73. The lowest BCUT2D eigenvalue weighted by molar-refractivity contribution is 0.0793. The molecule has 0 aliphatic rings. The van der Waals surface area contributed by atoms with Crippen molar-refractivity contribution in [2.45, 2.75) is 24.7 Å². The second kappa shape index (κ2) is 7.81. The van der Waals surface area contributed by atoms with Crippen molar-refractivity contribution < 1.29 is 13.2 Å². The standard InChI is InChI=1S/C15H20N2O3S/c1-4-6-11-17(3)15(18)13-8-7-9-14(12-13)21(19,20)16-10-5-2/h2,7-9,12,16H,4,6,10-11H2,1,3H3. The molecule has 6 heteroatoms. The molecule has 1 amide bonds. The second-order valence-corrected chi connectivity index (χ2v) is 6.40. The number of carbonyl (C=O) groups is 1. The Balaban J connectivity index is 2.95. The summed E-state index contributed by atoms with van der Waals surface area (Å²) in [7, 11) is -1.98. The zero-order valence-corrected chi connectivity index (χ0v) is 13.1. The Kier molecular flexibility index (Phi) is 6.40. The van der Waals surface area contributed by atoms with E-state index in [0.29, 0.717) is 12.1 Å². The molecule has 0 heterocycles. The second-order valence-electron chi connectivity index (χ2n) is 4.64. The Morgan fingerprint density at radius 2 is 2.14 bits per heavy atom. The van der Waals surface area contributed by atoms with Crippen molar-refractivity contribution >= 4 is 15.9 Å². The van der Waals surface area contributed by atoms with Gasteiger partial charge in [0.2, 0.25) is 10.0 Å². The van der Waals surface area contributed by atoms with E-state index in [9.17, 15) is 13.2 Å². The minimum atomic E-state index is -3.68. The number of hydrogen-bond acceptors (Lipinski definition) is 3. The number of benzene rings is 1. The summed E-state index contributed by atoms with van der Waals surface area (Å²) in [5.41, 5.74) is 0.345. The summed E-state index contributed by atoms with van der Waals surface area (Å²) in [6, 6.07) is 5.95. The smallest absolute Gasteiger partial charge is 0.253 e. The first-order valence-corrected chi connectivity index (χ1v) is 8.19. The van der Waals surface area contributed by atoms with E-state index < -0.39 is 10.0 Å². The molecule has 1 N–H and O–H groups in total. The van der Waals surface area contributed by atoms with E-state index >= 15 is 0 Å². The summed E-state index contributed by atoms with van der Waals surface area (Å²) in [5, 5.41) is 0. The van der Waals surface area contributed by atoms with Crippen LogP contribution in [0.1, 0.15) is 30.1 Å². The summed E-state index contributed by atoms with van der Waals surface area (Å²) in [4.78, 5) is 13.8. The van der Waals surface area contributed by atoms with Gasteiger partial charge in [0.25, 0.3) is 5.91 Å². The zero-order chi connectivity index (χ0) is 15.9. The van der Waals surface area contributed by atoms with Crippen LogP contribution in [-0.4, -0.2) is 39.4 Å². The van der Waals surface area contributed by atoms with Crippen LogP contribution in [0.5, 0.6) is 0 Å². The number of nitrogens with one attached hydrogen (secondary N) is 1. The van der Waals surface area contributed by atoms with Gasteiger partial charge in [0, 0.05) is 19.2 Å². The van der Waals surface area contributed by atoms with E-state index in [1.165, 1.54) is 12.1 Å². The first-order valence-electron chi connectivity index (χ1n) is 6.71. The number of rotatable bonds is 7. The highest BCUT2D eigenvalue weighted by Crippen LogP contribution is 2.13. The van der Waals surface area contributed by atoms with Gasteiger partial charge in [-0.15, -0.1) is 6.42 Å². The van der Waals surface area contributed by atoms with E-state index in [-0.39, 0.29) is 17.3 Å². The predicted octanol–water partition coefficient (Wildman–Crippen LogP) is 1.47. The molecule has 114 valence electrons. The van der Waals surface area contributed by atoms with Crippen LogP contribution >= 0.6 is 0 Å². The molecule has 0 spiro atoms. The molecule has 0 aliphatic heterocycles. The van der Waals surface area contributed by atoms with E-state index in [2.05, 4.69) is 10.6 Å². The average Bonchev–Trinajstić information content (AvgIpc) is 2.50. The molecular formula is C15H20N2O3S. The van der Waals surface area contributed by atoms with Crippen molar-refractivity contribution in [1.29, 1.82) is 0 Å². The largest absolute Gasteiger partial charge is 0.342 e. The molecule has 0 atom stereocenters. The van der Waals surface area contributed by atoms with Crippen LogP contribution in [0.25, 0.3) is 0 Å². The van der Waals surface area contributed by atoms with Crippen molar-refractivity contribution in [2.24, 2.45) is 0 Å². The van der Waals surface area contributed by atoms with Crippen LogP contribution in [0.15, 0.2) is 29.2 Å². The number of unbranched alkanes of at least 4 members (excludes halogenated alkanes) is 1. The molecule has 0 fully saturated rings. The lowest BCUT2D eigenvalue weighted by atomic mass is 10.2. The summed E-state index contributed by atoms with van der Waals surface area (Å²) in [5.74, 6) is 2.01. The van der Waals surface area contributed by atoms with Gasteiger partial charge < -0.3 is 4.90 Å². The SMILES string of the molecule is C#CCNS(=O)(=O)c1cccc(C(=O)N(C)CCCC)c1. The monoisotopic (exact) mass is 308 g/mol. The van der Waals surface area contributed by atoms with Crippen LogP contribution in [0, 0.1) is 12.3 Å². The molecule has 0 aliphatic carbocycles. The van der Waals surface area contributed by atoms with E-state index in [4.69, 9.17) is 6.42 Å².